The Hall–Kier alpha value is -2.44. The molecule has 1 aliphatic heterocycles. The first kappa shape index (κ1) is 19.3. The van der Waals surface area contributed by atoms with Gasteiger partial charge < -0.3 is 14.9 Å². The average molecular weight is 385 g/mol. The van der Waals surface area contributed by atoms with Crippen molar-refractivity contribution in [1.29, 1.82) is 0 Å². The Kier molecular flexibility index (Phi) is 6.42. The normalized spacial score (nSPS) is 17.6. The minimum absolute atomic E-state index is 0.00682. The van der Waals surface area contributed by atoms with Gasteiger partial charge in [-0.05, 0) is 54.7 Å². The van der Waals surface area contributed by atoms with E-state index in [1.807, 2.05) is 42.5 Å². The molecule has 27 heavy (non-hydrogen) atoms. The fourth-order valence-electron chi connectivity index (χ4n) is 3.20. The first-order valence-electron chi connectivity index (χ1n) is 9.01. The number of phenols is 1. The highest BCUT2D eigenvalue weighted by molar-refractivity contribution is 7.80. The molecule has 1 aliphatic rings. The van der Waals surface area contributed by atoms with Crippen LogP contribution in [0.4, 0.5) is 0 Å². The molecule has 5 nitrogen and oxygen atoms in total. The molecular formula is C21H23NO4S. The molecule has 6 heteroatoms. The van der Waals surface area contributed by atoms with Crippen LogP contribution in [0, 0.1) is 0 Å². The van der Waals surface area contributed by atoms with E-state index in [2.05, 4.69) is 0 Å². The molecule has 1 heterocycles. The van der Waals surface area contributed by atoms with Crippen LogP contribution < -0.4 is 0 Å². The van der Waals surface area contributed by atoms with Crippen LogP contribution in [-0.4, -0.2) is 44.9 Å². The Morgan fingerprint density at radius 2 is 1.85 bits per heavy atom. The molecule has 2 aromatic rings. The van der Waals surface area contributed by atoms with Crippen LogP contribution in [0.15, 0.2) is 54.6 Å². The van der Waals surface area contributed by atoms with Crippen molar-refractivity contribution in [3.05, 3.63) is 65.7 Å². The summed E-state index contributed by atoms with van der Waals surface area (Å²) in [5, 5.41) is 19.8. The number of hydrogen-bond donors (Lipinski definition) is 2. The molecule has 3 rings (SSSR count). The second-order valence-corrected chi connectivity index (χ2v) is 7.10. The van der Waals surface area contributed by atoms with E-state index in [1.165, 1.54) is 4.90 Å². The first-order valence-corrected chi connectivity index (χ1v) is 9.42. The molecule has 2 aromatic carbocycles. The predicted molar refractivity (Wildman–Crippen MR) is 106 cm³/mol. The summed E-state index contributed by atoms with van der Waals surface area (Å²) in [5.41, 5.74) is 2.11. The summed E-state index contributed by atoms with van der Waals surface area (Å²) in [6.07, 6.45) is 1.00. The lowest BCUT2D eigenvalue weighted by Crippen LogP contribution is -2.41. The number of ether oxygens (including phenoxy) is 1. The van der Waals surface area contributed by atoms with E-state index >= 15 is 0 Å². The molecule has 142 valence electrons. The second kappa shape index (κ2) is 8.97. The fraction of sp³-hybridized carbons (Fsp3) is 0.333. The Morgan fingerprint density at radius 3 is 2.56 bits per heavy atom. The Labute approximate surface area is 164 Å². The van der Waals surface area contributed by atoms with E-state index in [4.69, 9.17) is 17.0 Å². The molecule has 1 amide bonds. The maximum absolute atomic E-state index is 12.7. The molecule has 2 N–H and O–H groups in total. The van der Waals surface area contributed by atoms with E-state index in [0.717, 1.165) is 11.1 Å². The van der Waals surface area contributed by atoms with Gasteiger partial charge in [0.05, 0.1) is 18.6 Å². The Bertz CT molecular complexity index is 779. The average Bonchev–Trinajstić information content (AvgIpc) is 3.02. The van der Waals surface area contributed by atoms with Crippen LogP contribution in [0.5, 0.6) is 5.75 Å². The van der Waals surface area contributed by atoms with Gasteiger partial charge in [0.15, 0.2) is 0 Å². The van der Waals surface area contributed by atoms with Gasteiger partial charge >= 0.3 is 0 Å². The lowest BCUT2D eigenvalue weighted by atomic mass is 10.0. The number of aliphatic hydroxyl groups excluding tert-OH is 1. The van der Waals surface area contributed by atoms with Crippen molar-refractivity contribution < 1.29 is 19.7 Å². The standard InChI is InChI=1S/C21H23NO4S/c23-18-9-6-15(7-10-18)8-11-19(24)13-20(25)22-17(14-26-21(22)27)12-16-4-2-1-3-5-16/h1-7,9-10,17,19,23-24H,8,11-14H2/t17-,19-/m0/s1. The van der Waals surface area contributed by atoms with Crippen LogP contribution in [0.3, 0.4) is 0 Å². The SMILES string of the molecule is O=C(C[C@@H](O)CCc1ccc(O)cc1)N1C(=S)OC[C@@H]1Cc1ccccc1. The van der Waals surface area contributed by atoms with Gasteiger partial charge in [-0.2, -0.15) is 0 Å². The lowest BCUT2D eigenvalue weighted by molar-refractivity contribution is -0.130. The van der Waals surface area contributed by atoms with Gasteiger partial charge in [0.25, 0.3) is 5.17 Å². The number of aliphatic hydroxyl groups is 1. The highest BCUT2D eigenvalue weighted by Crippen LogP contribution is 2.20. The van der Waals surface area contributed by atoms with E-state index in [-0.39, 0.29) is 29.3 Å². The molecule has 0 saturated carbocycles. The van der Waals surface area contributed by atoms with Gasteiger partial charge in [-0.3, -0.25) is 9.69 Å². The minimum atomic E-state index is -0.757. The van der Waals surface area contributed by atoms with Crippen LogP contribution in [-0.2, 0) is 22.4 Å². The molecule has 0 radical (unpaired) electrons. The molecule has 1 fully saturated rings. The molecule has 1 saturated heterocycles. The fourth-order valence-corrected chi connectivity index (χ4v) is 3.52. The van der Waals surface area contributed by atoms with Crippen molar-refractivity contribution in [2.75, 3.05) is 6.61 Å². The summed E-state index contributed by atoms with van der Waals surface area (Å²) in [7, 11) is 0. The predicted octanol–water partition coefficient (Wildman–Crippen LogP) is 2.83. The highest BCUT2D eigenvalue weighted by atomic mass is 32.1. The molecule has 0 aromatic heterocycles. The number of thiocarbonyl (C=S) groups is 1. The molecule has 2 atom stereocenters. The van der Waals surface area contributed by atoms with Crippen molar-refractivity contribution in [2.45, 2.75) is 37.8 Å². The number of nitrogens with zero attached hydrogens (tertiary/aromatic N) is 1. The summed E-state index contributed by atoms with van der Waals surface area (Å²) in [5.74, 6) is -0.00174. The van der Waals surface area contributed by atoms with Crippen molar-refractivity contribution >= 4 is 23.3 Å². The summed E-state index contributed by atoms with van der Waals surface area (Å²) in [6.45, 7) is 0.378. The largest absolute Gasteiger partial charge is 0.508 e. The van der Waals surface area contributed by atoms with E-state index in [9.17, 15) is 15.0 Å². The molecular weight excluding hydrogens is 362 g/mol. The number of phenolic OH excluding ortho intramolecular Hbond substituents is 1. The zero-order valence-electron chi connectivity index (χ0n) is 15.0. The van der Waals surface area contributed by atoms with E-state index in [0.29, 0.717) is 25.9 Å². The van der Waals surface area contributed by atoms with Gasteiger partial charge in [0.2, 0.25) is 5.91 Å². The summed E-state index contributed by atoms with van der Waals surface area (Å²) in [4.78, 5) is 14.2. The summed E-state index contributed by atoms with van der Waals surface area (Å²) >= 11 is 5.19. The van der Waals surface area contributed by atoms with Crippen LogP contribution in [0.2, 0.25) is 0 Å². The van der Waals surface area contributed by atoms with Crippen LogP contribution in [0.25, 0.3) is 0 Å². The number of carbonyl (C=O) groups excluding carboxylic acids is 1. The van der Waals surface area contributed by atoms with Gasteiger partial charge in [0, 0.05) is 0 Å². The number of aryl methyl sites for hydroxylation is 1. The maximum atomic E-state index is 12.7. The number of amides is 1. The quantitative estimate of drug-likeness (QED) is 0.718. The van der Waals surface area contributed by atoms with Gasteiger partial charge in [0.1, 0.15) is 12.4 Å². The first-order chi connectivity index (χ1) is 13.0. The zero-order chi connectivity index (χ0) is 19.2. The molecule has 0 spiro atoms. The smallest absolute Gasteiger partial charge is 0.266 e. The van der Waals surface area contributed by atoms with Crippen molar-refractivity contribution in [3.63, 3.8) is 0 Å². The van der Waals surface area contributed by atoms with E-state index < -0.39 is 6.10 Å². The molecule has 0 unspecified atom stereocenters. The van der Waals surface area contributed by atoms with Crippen molar-refractivity contribution in [3.8, 4) is 5.75 Å². The second-order valence-electron chi connectivity index (χ2n) is 6.75. The highest BCUT2D eigenvalue weighted by Gasteiger charge is 2.35. The maximum Gasteiger partial charge on any atom is 0.266 e. The molecule has 0 aliphatic carbocycles. The summed E-state index contributed by atoms with van der Waals surface area (Å²) in [6, 6.07) is 16.6. The number of carbonyl (C=O) groups is 1. The van der Waals surface area contributed by atoms with E-state index in [1.54, 1.807) is 12.1 Å². The van der Waals surface area contributed by atoms with Crippen LogP contribution in [0.1, 0.15) is 24.0 Å². The number of benzene rings is 2. The lowest BCUT2D eigenvalue weighted by Gasteiger charge is -2.22. The third-order valence-electron chi connectivity index (χ3n) is 4.66. The Morgan fingerprint density at radius 1 is 1.15 bits per heavy atom. The number of rotatable bonds is 7. The van der Waals surface area contributed by atoms with Gasteiger partial charge in [-0.1, -0.05) is 42.5 Å². The third-order valence-corrected chi connectivity index (χ3v) is 4.97. The summed E-state index contributed by atoms with van der Waals surface area (Å²) < 4.78 is 5.42. The number of hydrogen-bond acceptors (Lipinski definition) is 5. The van der Waals surface area contributed by atoms with Crippen LogP contribution >= 0.6 is 12.2 Å². The zero-order valence-corrected chi connectivity index (χ0v) is 15.8. The topological polar surface area (TPSA) is 70.0 Å². The monoisotopic (exact) mass is 385 g/mol. The van der Waals surface area contributed by atoms with Gasteiger partial charge in [-0.15, -0.1) is 0 Å². The minimum Gasteiger partial charge on any atom is -0.508 e. The van der Waals surface area contributed by atoms with Gasteiger partial charge in [-0.25, -0.2) is 0 Å². The number of aromatic hydroxyl groups is 1. The molecule has 0 bridgehead atoms. The Balaban J connectivity index is 1.54. The third kappa shape index (κ3) is 5.28. The van der Waals surface area contributed by atoms with Crippen molar-refractivity contribution in [2.24, 2.45) is 0 Å². The van der Waals surface area contributed by atoms with Crippen molar-refractivity contribution in [1.82, 2.24) is 4.90 Å².